The molecule has 0 atom stereocenters. The molecule has 84 valence electrons. The van der Waals surface area contributed by atoms with Crippen molar-refractivity contribution in [1.82, 2.24) is 9.97 Å². The van der Waals surface area contributed by atoms with Gasteiger partial charge < -0.3 is 0 Å². The smallest absolute Gasteiger partial charge is 0.260 e. The molecule has 0 bridgehead atoms. The number of halogens is 4. The number of sulfonamides is 1. The quantitative estimate of drug-likeness (QED) is 0.831. The second-order valence-corrected chi connectivity index (χ2v) is 4.23. The van der Waals surface area contributed by atoms with Crippen molar-refractivity contribution in [3.63, 3.8) is 0 Å². The first-order valence-corrected chi connectivity index (χ1v) is 5.23. The molecule has 1 N–H and O–H groups in total. The van der Waals surface area contributed by atoms with Crippen molar-refractivity contribution < 1.29 is 21.6 Å². The Balaban J connectivity index is 3.05. The zero-order chi connectivity index (χ0) is 11.6. The van der Waals surface area contributed by atoms with E-state index in [-0.39, 0.29) is 0 Å². The standard InChI is InChI=1S/C5H3ClF3N3O2S/c6-4-10-1-2(7)3(11-4)12-15(13,14)5(8)9/h1,5H,(H,10,11,12). The van der Waals surface area contributed by atoms with E-state index in [2.05, 4.69) is 9.97 Å². The van der Waals surface area contributed by atoms with Gasteiger partial charge in [0.05, 0.1) is 6.20 Å². The van der Waals surface area contributed by atoms with Gasteiger partial charge in [0.25, 0.3) is 10.0 Å². The van der Waals surface area contributed by atoms with Gasteiger partial charge in [0.1, 0.15) is 0 Å². The van der Waals surface area contributed by atoms with E-state index in [4.69, 9.17) is 11.6 Å². The van der Waals surface area contributed by atoms with Crippen LogP contribution in [0, 0.1) is 5.82 Å². The summed E-state index contributed by atoms with van der Waals surface area (Å²) >= 11 is 5.21. The molecule has 0 radical (unpaired) electrons. The summed E-state index contributed by atoms with van der Waals surface area (Å²) in [5.41, 5.74) is 0. The van der Waals surface area contributed by atoms with Crippen molar-refractivity contribution in [2.45, 2.75) is 5.76 Å². The molecule has 0 aliphatic heterocycles. The SMILES string of the molecule is O=S(=O)(Nc1nc(Cl)ncc1F)C(F)F. The van der Waals surface area contributed by atoms with Gasteiger partial charge in [0.2, 0.25) is 5.28 Å². The number of rotatable bonds is 3. The number of anilines is 1. The Bertz CT molecular complexity index is 467. The van der Waals surface area contributed by atoms with E-state index >= 15 is 0 Å². The maximum absolute atomic E-state index is 12.8. The van der Waals surface area contributed by atoms with E-state index in [0.717, 1.165) is 0 Å². The van der Waals surface area contributed by atoms with Gasteiger partial charge in [-0.3, -0.25) is 4.72 Å². The Morgan fingerprint density at radius 1 is 1.47 bits per heavy atom. The minimum atomic E-state index is -4.96. The molecule has 15 heavy (non-hydrogen) atoms. The van der Waals surface area contributed by atoms with Crippen LogP contribution >= 0.6 is 11.6 Å². The Kier molecular flexibility index (Phi) is 3.35. The topological polar surface area (TPSA) is 72.0 Å². The van der Waals surface area contributed by atoms with Gasteiger partial charge in [-0.1, -0.05) is 0 Å². The molecule has 0 fully saturated rings. The summed E-state index contributed by atoms with van der Waals surface area (Å²) in [5.74, 6) is -5.82. The number of alkyl halides is 2. The molecule has 1 rings (SSSR count). The predicted molar refractivity (Wildman–Crippen MR) is 45.5 cm³/mol. The number of nitrogens with one attached hydrogen (secondary N) is 1. The van der Waals surface area contributed by atoms with Crippen LogP contribution in [-0.4, -0.2) is 24.1 Å². The first kappa shape index (κ1) is 12.0. The highest BCUT2D eigenvalue weighted by molar-refractivity contribution is 7.92. The molecular weight excluding hydrogens is 259 g/mol. The Labute approximate surface area is 87.3 Å². The molecule has 0 saturated carbocycles. The van der Waals surface area contributed by atoms with Crippen molar-refractivity contribution >= 4 is 27.4 Å². The van der Waals surface area contributed by atoms with Crippen molar-refractivity contribution in [3.05, 3.63) is 17.3 Å². The Morgan fingerprint density at radius 2 is 2.07 bits per heavy atom. The average Bonchev–Trinajstić information content (AvgIpc) is 2.10. The summed E-state index contributed by atoms with van der Waals surface area (Å²) in [6.45, 7) is 0. The maximum Gasteiger partial charge on any atom is 0.355 e. The van der Waals surface area contributed by atoms with Crippen LogP contribution in [0.2, 0.25) is 5.28 Å². The van der Waals surface area contributed by atoms with E-state index in [9.17, 15) is 21.6 Å². The highest BCUT2D eigenvalue weighted by Gasteiger charge is 2.25. The summed E-state index contributed by atoms with van der Waals surface area (Å²) in [6, 6.07) is 0. The highest BCUT2D eigenvalue weighted by atomic mass is 35.5. The predicted octanol–water partition coefficient (Wildman–Crippen LogP) is 1.23. The number of nitrogens with zero attached hydrogens (tertiary/aromatic N) is 2. The molecule has 0 aliphatic rings. The van der Waals surface area contributed by atoms with E-state index in [1.165, 1.54) is 4.72 Å². The van der Waals surface area contributed by atoms with Crippen molar-refractivity contribution in [2.75, 3.05) is 4.72 Å². The van der Waals surface area contributed by atoms with E-state index in [1.807, 2.05) is 0 Å². The lowest BCUT2D eigenvalue weighted by Gasteiger charge is -2.06. The van der Waals surface area contributed by atoms with Crippen LogP contribution in [0.15, 0.2) is 6.20 Å². The monoisotopic (exact) mass is 261 g/mol. The molecule has 1 aromatic rings. The van der Waals surface area contributed by atoms with Crippen molar-refractivity contribution in [2.24, 2.45) is 0 Å². The fourth-order valence-electron chi connectivity index (χ4n) is 0.596. The zero-order valence-electron chi connectivity index (χ0n) is 6.79. The van der Waals surface area contributed by atoms with Crippen LogP contribution in [-0.2, 0) is 10.0 Å². The number of hydrogen-bond acceptors (Lipinski definition) is 4. The fraction of sp³-hybridized carbons (Fsp3) is 0.200. The van der Waals surface area contributed by atoms with E-state index in [1.54, 1.807) is 0 Å². The van der Waals surface area contributed by atoms with Crippen molar-refractivity contribution in [1.29, 1.82) is 0 Å². The summed E-state index contributed by atoms with van der Waals surface area (Å²) in [6.07, 6.45) is 0.554. The third-order valence-electron chi connectivity index (χ3n) is 1.19. The highest BCUT2D eigenvalue weighted by Crippen LogP contribution is 2.16. The van der Waals surface area contributed by atoms with Crippen LogP contribution in [0.1, 0.15) is 0 Å². The van der Waals surface area contributed by atoms with Gasteiger partial charge in [0.15, 0.2) is 11.6 Å². The maximum atomic E-state index is 12.8. The lowest BCUT2D eigenvalue weighted by Crippen LogP contribution is -2.22. The molecule has 0 aliphatic carbocycles. The summed E-state index contributed by atoms with van der Waals surface area (Å²) in [4.78, 5) is 6.27. The largest absolute Gasteiger partial charge is 0.355 e. The number of hydrogen-bond donors (Lipinski definition) is 1. The first-order chi connectivity index (χ1) is 6.83. The molecule has 1 aromatic heterocycles. The normalized spacial score (nSPS) is 11.8. The second-order valence-electron chi connectivity index (χ2n) is 2.24. The van der Waals surface area contributed by atoms with E-state index < -0.39 is 32.7 Å². The van der Waals surface area contributed by atoms with Gasteiger partial charge in [-0.2, -0.15) is 13.8 Å². The Morgan fingerprint density at radius 3 is 2.60 bits per heavy atom. The fourth-order valence-corrected chi connectivity index (χ4v) is 1.23. The van der Waals surface area contributed by atoms with E-state index in [0.29, 0.717) is 6.20 Å². The van der Waals surface area contributed by atoms with Gasteiger partial charge in [-0.25, -0.2) is 17.8 Å². The van der Waals surface area contributed by atoms with Crippen LogP contribution in [0.25, 0.3) is 0 Å². The average molecular weight is 262 g/mol. The van der Waals surface area contributed by atoms with Crippen molar-refractivity contribution in [3.8, 4) is 0 Å². The van der Waals surface area contributed by atoms with Crippen LogP contribution in [0.4, 0.5) is 19.0 Å². The third kappa shape index (κ3) is 2.93. The van der Waals surface area contributed by atoms with Crippen LogP contribution < -0.4 is 4.72 Å². The number of aromatic nitrogens is 2. The summed E-state index contributed by atoms with van der Waals surface area (Å²) in [7, 11) is -4.96. The molecule has 5 nitrogen and oxygen atoms in total. The zero-order valence-corrected chi connectivity index (χ0v) is 8.36. The minimum Gasteiger partial charge on any atom is -0.260 e. The Hall–Kier alpha value is -1.09. The molecule has 0 aromatic carbocycles. The molecule has 0 unspecified atom stereocenters. The summed E-state index contributed by atoms with van der Waals surface area (Å²) < 4.78 is 59.1. The second kappa shape index (κ2) is 4.19. The molecule has 0 spiro atoms. The van der Waals surface area contributed by atoms with Gasteiger partial charge >= 0.3 is 5.76 Å². The first-order valence-electron chi connectivity index (χ1n) is 3.31. The molecule has 1 heterocycles. The van der Waals surface area contributed by atoms with Gasteiger partial charge in [0, 0.05) is 0 Å². The minimum absolute atomic E-state index is 0.469. The lowest BCUT2D eigenvalue weighted by atomic mass is 10.6. The van der Waals surface area contributed by atoms with Crippen LogP contribution in [0.3, 0.4) is 0 Å². The third-order valence-corrected chi connectivity index (χ3v) is 2.32. The van der Waals surface area contributed by atoms with Gasteiger partial charge in [-0.05, 0) is 11.6 Å². The molecule has 10 heteroatoms. The molecular formula is C5H3ClF3N3O2S. The molecule has 0 amide bonds. The lowest BCUT2D eigenvalue weighted by molar-refractivity contribution is 0.236. The molecule has 0 saturated heterocycles. The van der Waals surface area contributed by atoms with Crippen LogP contribution in [0.5, 0.6) is 0 Å². The summed E-state index contributed by atoms with van der Waals surface area (Å²) in [5, 5.41) is -0.469. The van der Waals surface area contributed by atoms with Gasteiger partial charge in [-0.15, -0.1) is 0 Å².